The molecule has 2 aromatic carbocycles. The molecule has 0 fully saturated rings. The lowest BCUT2D eigenvalue weighted by Gasteiger charge is -2.21. The van der Waals surface area contributed by atoms with Crippen molar-refractivity contribution in [2.45, 2.75) is 6.43 Å². The van der Waals surface area contributed by atoms with Gasteiger partial charge in [0.05, 0.1) is 17.7 Å². The molecule has 0 aromatic heterocycles. The molecule has 1 aliphatic rings. The minimum atomic E-state index is -2.61. The van der Waals surface area contributed by atoms with Crippen molar-refractivity contribution in [3.05, 3.63) is 58.7 Å². The highest BCUT2D eigenvalue weighted by Crippen LogP contribution is 2.36. The quantitative estimate of drug-likeness (QED) is 0.730. The van der Waals surface area contributed by atoms with Crippen molar-refractivity contribution in [1.82, 2.24) is 0 Å². The van der Waals surface area contributed by atoms with Crippen LogP contribution in [-0.4, -0.2) is 29.6 Å². The van der Waals surface area contributed by atoms with E-state index in [4.69, 9.17) is 0 Å². The molecule has 2 aromatic rings. The van der Waals surface area contributed by atoms with Crippen molar-refractivity contribution in [1.29, 1.82) is 0 Å². The van der Waals surface area contributed by atoms with E-state index in [1.54, 1.807) is 12.1 Å². The minimum absolute atomic E-state index is 0.0654. The summed E-state index contributed by atoms with van der Waals surface area (Å²) < 4.78 is 24.8. The fraction of sp³-hybridized carbons (Fsp3) is 0.125. The Morgan fingerprint density at radius 1 is 0.955 bits per heavy atom. The summed E-state index contributed by atoms with van der Waals surface area (Å²) in [6, 6.07) is 8.76. The maximum Gasteiger partial charge on any atom is 0.255 e. The molecule has 0 heterocycles. The lowest BCUT2D eigenvalue weighted by atomic mass is 9.82. The molecule has 0 aliphatic heterocycles. The molecule has 6 heteroatoms. The normalized spacial score (nSPS) is 13.0. The number of hydrogen-bond donors (Lipinski definition) is 2. The number of hydrogen-bond acceptors (Lipinski definition) is 4. The van der Waals surface area contributed by atoms with Crippen molar-refractivity contribution in [3.63, 3.8) is 0 Å². The number of alkyl halides is 2. The number of halogens is 2. The lowest BCUT2D eigenvalue weighted by molar-refractivity contribution is 0.0977. The summed E-state index contributed by atoms with van der Waals surface area (Å²) in [4.78, 5) is 25.1. The number of fused-ring (bicyclic) bond motifs is 2. The highest BCUT2D eigenvalue weighted by molar-refractivity contribution is 6.31. The second kappa shape index (κ2) is 5.22. The Balaban J connectivity index is 2.18. The van der Waals surface area contributed by atoms with E-state index < -0.39 is 24.5 Å². The van der Waals surface area contributed by atoms with Gasteiger partial charge in [0.2, 0.25) is 0 Å². The van der Waals surface area contributed by atoms with E-state index in [2.05, 4.69) is 5.32 Å². The van der Waals surface area contributed by atoms with Crippen molar-refractivity contribution in [3.8, 4) is 5.75 Å². The number of rotatable bonds is 3. The van der Waals surface area contributed by atoms with E-state index >= 15 is 0 Å². The van der Waals surface area contributed by atoms with Gasteiger partial charge in [0, 0.05) is 16.8 Å². The number of carbonyl (C=O) groups excluding carboxylic acids is 2. The first-order valence-electron chi connectivity index (χ1n) is 6.57. The smallest absolute Gasteiger partial charge is 0.255 e. The lowest BCUT2D eigenvalue weighted by Crippen LogP contribution is -2.23. The number of phenolic OH excluding ortho intramolecular Hbond substituents is 1. The van der Waals surface area contributed by atoms with Crippen LogP contribution in [-0.2, 0) is 0 Å². The molecular weight excluding hydrogens is 292 g/mol. The molecule has 2 N–H and O–H groups in total. The monoisotopic (exact) mass is 303 g/mol. The average molecular weight is 303 g/mol. The zero-order valence-corrected chi connectivity index (χ0v) is 11.3. The molecule has 0 atom stereocenters. The van der Waals surface area contributed by atoms with Gasteiger partial charge < -0.3 is 10.4 Å². The third kappa shape index (κ3) is 2.13. The second-order valence-electron chi connectivity index (χ2n) is 4.86. The second-order valence-corrected chi connectivity index (χ2v) is 4.86. The van der Waals surface area contributed by atoms with Crippen LogP contribution in [0.4, 0.5) is 14.5 Å². The third-order valence-electron chi connectivity index (χ3n) is 3.50. The van der Waals surface area contributed by atoms with Crippen LogP contribution in [0.15, 0.2) is 36.4 Å². The van der Waals surface area contributed by atoms with Gasteiger partial charge in [0.1, 0.15) is 5.75 Å². The number of anilines is 1. The van der Waals surface area contributed by atoms with Crippen LogP contribution < -0.4 is 5.32 Å². The van der Waals surface area contributed by atoms with Gasteiger partial charge >= 0.3 is 0 Å². The SMILES string of the molecule is O=C1c2ccccc2C(=O)c2c(NCC(F)F)ccc(O)c21. The number of nitrogens with one attached hydrogen (secondary N) is 1. The summed E-state index contributed by atoms with van der Waals surface area (Å²) in [6.07, 6.45) is -2.61. The molecule has 112 valence electrons. The minimum Gasteiger partial charge on any atom is -0.507 e. The van der Waals surface area contributed by atoms with E-state index in [-0.39, 0.29) is 33.7 Å². The maximum atomic E-state index is 12.6. The number of carbonyl (C=O) groups is 2. The Kier molecular flexibility index (Phi) is 3.36. The van der Waals surface area contributed by atoms with Crippen molar-refractivity contribution in [2.75, 3.05) is 11.9 Å². The Morgan fingerprint density at radius 2 is 1.55 bits per heavy atom. The molecule has 0 unspecified atom stereocenters. The molecule has 4 nitrogen and oxygen atoms in total. The summed E-state index contributed by atoms with van der Waals surface area (Å²) in [5.41, 5.74) is 0.292. The van der Waals surface area contributed by atoms with Gasteiger partial charge in [-0.3, -0.25) is 9.59 Å². The van der Waals surface area contributed by atoms with Gasteiger partial charge in [-0.1, -0.05) is 24.3 Å². The summed E-state index contributed by atoms with van der Waals surface area (Å²) in [5, 5.41) is 12.4. The summed E-state index contributed by atoms with van der Waals surface area (Å²) in [7, 11) is 0. The van der Waals surface area contributed by atoms with Crippen LogP contribution in [0, 0.1) is 0 Å². The first kappa shape index (κ1) is 14.2. The van der Waals surface area contributed by atoms with Crippen molar-refractivity contribution >= 4 is 17.3 Å². The summed E-state index contributed by atoms with van der Waals surface area (Å²) in [5.74, 6) is -1.31. The van der Waals surface area contributed by atoms with E-state index in [9.17, 15) is 23.5 Å². The number of aromatic hydroxyl groups is 1. The first-order valence-corrected chi connectivity index (χ1v) is 6.57. The standard InChI is InChI=1S/C16H11F2NO3/c17-12(18)7-19-10-5-6-11(20)14-13(10)15(21)8-3-1-2-4-9(8)16(14)22/h1-6,12,19-20H,7H2. The Labute approximate surface area is 124 Å². The summed E-state index contributed by atoms with van der Waals surface area (Å²) in [6.45, 7) is -0.652. The van der Waals surface area contributed by atoms with Crippen LogP contribution in [0.1, 0.15) is 31.8 Å². The molecule has 0 bridgehead atoms. The van der Waals surface area contributed by atoms with Gasteiger partial charge in [-0.25, -0.2) is 8.78 Å². The highest BCUT2D eigenvalue weighted by Gasteiger charge is 2.33. The van der Waals surface area contributed by atoms with E-state index in [0.717, 1.165) is 0 Å². The number of ketones is 2. The van der Waals surface area contributed by atoms with Crippen molar-refractivity contribution in [2.24, 2.45) is 0 Å². The Bertz CT molecular complexity index is 787. The molecule has 3 rings (SSSR count). The largest absolute Gasteiger partial charge is 0.507 e. The number of phenols is 1. The average Bonchev–Trinajstić information content (AvgIpc) is 2.51. The molecular formula is C16H11F2NO3. The fourth-order valence-electron chi connectivity index (χ4n) is 2.54. The first-order chi connectivity index (χ1) is 10.5. The zero-order chi connectivity index (χ0) is 15.9. The van der Waals surface area contributed by atoms with Gasteiger partial charge in [-0.2, -0.15) is 0 Å². The van der Waals surface area contributed by atoms with Crippen LogP contribution in [0.25, 0.3) is 0 Å². The predicted molar refractivity (Wildman–Crippen MR) is 75.9 cm³/mol. The van der Waals surface area contributed by atoms with Gasteiger partial charge in [-0.15, -0.1) is 0 Å². The highest BCUT2D eigenvalue weighted by atomic mass is 19.3. The van der Waals surface area contributed by atoms with Crippen LogP contribution >= 0.6 is 0 Å². The molecule has 0 amide bonds. The van der Waals surface area contributed by atoms with E-state index in [0.29, 0.717) is 0 Å². The molecule has 1 aliphatic carbocycles. The fourth-order valence-corrected chi connectivity index (χ4v) is 2.54. The van der Waals surface area contributed by atoms with Gasteiger partial charge in [0.15, 0.2) is 11.6 Å². The Hall–Kier alpha value is -2.76. The predicted octanol–water partition coefficient (Wildman–Crippen LogP) is 2.84. The van der Waals surface area contributed by atoms with Crippen molar-refractivity contribution < 1.29 is 23.5 Å². The third-order valence-corrected chi connectivity index (χ3v) is 3.50. The van der Waals surface area contributed by atoms with Crippen LogP contribution in [0.3, 0.4) is 0 Å². The molecule has 22 heavy (non-hydrogen) atoms. The molecule has 0 spiro atoms. The van der Waals surface area contributed by atoms with E-state index in [1.807, 2.05) is 0 Å². The van der Waals surface area contributed by atoms with Crippen LogP contribution in [0.2, 0.25) is 0 Å². The van der Waals surface area contributed by atoms with Gasteiger partial charge in [0.25, 0.3) is 6.43 Å². The molecule has 0 saturated heterocycles. The van der Waals surface area contributed by atoms with Crippen LogP contribution in [0.5, 0.6) is 5.75 Å². The van der Waals surface area contributed by atoms with E-state index in [1.165, 1.54) is 24.3 Å². The zero-order valence-electron chi connectivity index (χ0n) is 11.3. The maximum absolute atomic E-state index is 12.6. The summed E-state index contributed by atoms with van der Waals surface area (Å²) >= 11 is 0. The number of benzene rings is 2. The Morgan fingerprint density at radius 3 is 2.14 bits per heavy atom. The topological polar surface area (TPSA) is 66.4 Å². The molecule has 0 radical (unpaired) electrons. The molecule has 0 saturated carbocycles. The van der Waals surface area contributed by atoms with Gasteiger partial charge in [-0.05, 0) is 12.1 Å².